The number of fused-ring (bicyclic) bond motifs is 2. The van der Waals surface area contributed by atoms with E-state index in [0.717, 1.165) is 107 Å². The number of benzene rings is 9. The minimum absolute atomic E-state index is 0.555. The van der Waals surface area contributed by atoms with Gasteiger partial charge in [-0.05, 0) is 54.6 Å². The van der Waals surface area contributed by atoms with Crippen LogP contribution in [-0.4, -0.2) is 29.9 Å². The molecule has 0 spiro atoms. The summed E-state index contributed by atoms with van der Waals surface area (Å²) in [5.74, 6) is 1.75. The van der Waals surface area contributed by atoms with E-state index in [1.807, 2.05) is 109 Å². The van der Waals surface area contributed by atoms with Gasteiger partial charge in [0, 0.05) is 44.5 Å². The first-order valence-corrected chi connectivity index (χ1v) is 24.6. The summed E-state index contributed by atoms with van der Waals surface area (Å²) >= 11 is 0. The average Bonchev–Trinajstić information content (AvgIpc) is 3.49. The number of rotatable bonds is 10. The van der Waals surface area contributed by atoms with Gasteiger partial charge >= 0.3 is 0 Å². The van der Waals surface area contributed by atoms with Crippen molar-refractivity contribution < 1.29 is 0 Å². The van der Waals surface area contributed by atoms with Crippen LogP contribution in [0.3, 0.4) is 0 Å². The van der Waals surface area contributed by atoms with Crippen molar-refractivity contribution in [3.63, 3.8) is 0 Å². The van der Waals surface area contributed by atoms with Crippen LogP contribution in [0.5, 0.6) is 0 Å². The highest BCUT2D eigenvalue weighted by atomic mass is 15.3. The zero-order valence-corrected chi connectivity index (χ0v) is 40.0. The maximum atomic E-state index is 5.47. The van der Waals surface area contributed by atoms with Crippen molar-refractivity contribution in [2.75, 3.05) is 9.80 Å². The number of anilines is 6. The fourth-order valence-electron chi connectivity index (χ4n) is 9.69. The van der Waals surface area contributed by atoms with Crippen LogP contribution in [0.2, 0.25) is 0 Å². The Morgan fingerprint density at radius 2 is 0.500 bits per heavy atom. The molecule has 1 aliphatic rings. The smallest absolute Gasteiger partial charge is 0.235 e. The van der Waals surface area contributed by atoms with E-state index < -0.39 is 0 Å². The normalized spacial score (nSPS) is 11.7. The summed E-state index contributed by atoms with van der Waals surface area (Å²) in [6, 6.07) is 91.3. The van der Waals surface area contributed by atoms with Crippen LogP contribution in [0.4, 0.5) is 34.4 Å². The molecule has 4 heterocycles. The molecule has 0 aliphatic carbocycles. The monoisotopic (exact) mass is 948 g/mol. The van der Waals surface area contributed by atoms with E-state index in [4.69, 9.17) is 29.9 Å². The molecule has 0 bridgehead atoms. The van der Waals surface area contributed by atoms with E-state index >= 15 is 0 Å². The lowest BCUT2D eigenvalue weighted by Gasteiger charge is -2.40. The fraction of sp³-hybridized carbons (Fsp3) is 0. The molecule has 8 heteroatoms. The highest BCUT2D eigenvalue weighted by molar-refractivity contribution is 6.03. The lowest BCUT2D eigenvalue weighted by Crippen LogP contribution is -2.25. The molecule has 0 atom stereocenters. The van der Waals surface area contributed by atoms with Crippen LogP contribution in [0.1, 0.15) is 0 Å². The van der Waals surface area contributed by atoms with E-state index in [9.17, 15) is 0 Å². The number of hydrogen-bond donors (Lipinski definition) is 0. The van der Waals surface area contributed by atoms with Crippen molar-refractivity contribution in [3.05, 3.63) is 267 Å². The van der Waals surface area contributed by atoms with E-state index in [1.54, 1.807) is 0 Å². The van der Waals surface area contributed by atoms with Gasteiger partial charge in [0.1, 0.15) is 0 Å². The lowest BCUT2D eigenvalue weighted by atomic mass is 9.99. The standard InChI is InChI=1S/C66H44N8/c1-7-23-45(24-8-1)53-43-58(68-64(67-53)50-33-17-6-18-34-50)51-39-40-59(52(41-51)65-69-54(46-25-9-2-10-26-46)42-55(70-65)47-27-11-3-12-28-47)73-60-35-19-21-37-62(60)74(63-38-22-20-36-61(63)73)66-71-56(48-29-13-4-14-30-48)44-57(72-66)49-31-15-5-16-32-49/h1-44H. The molecule has 348 valence electrons. The molecule has 0 saturated carbocycles. The maximum Gasteiger partial charge on any atom is 0.235 e. The molecule has 74 heavy (non-hydrogen) atoms. The maximum absolute atomic E-state index is 5.47. The van der Waals surface area contributed by atoms with E-state index in [0.29, 0.717) is 17.6 Å². The predicted molar refractivity (Wildman–Crippen MR) is 300 cm³/mol. The molecule has 8 nitrogen and oxygen atoms in total. The molecule has 3 aromatic heterocycles. The van der Waals surface area contributed by atoms with Gasteiger partial charge < -0.3 is 4.90 Å². The summed E-state index contributed by atoms with van der Waals surface area (Å²) in [5, 5.41) is 0. The van der Waals surface area contributed by atoms with Crippen molar-refractivity contribution >= 4 is 34.4 Å². The van der Waals surface area contributed by atoms with Crippen molar-refractivity contribution in [1.29, 1.82) is 0 Å². The van der Waals surface area contributed by atoms with Crippen molar-refractivity contribution in [3.8, 4) is 90.3 Å². The molecule has 0 N–H and O–H groups in total. The number of nitrogens with zero attached hydrogens (tertiary/aromatic N) is 8. The molecule has 9 aromatic carbocycles. The third-order valence-corrected chi connectivity index (χ3v) is 13.2. The topological polar surface area (TPSA) is 83.8 Å². The second-order valence-electron chi connectivity index (χ2n) is 17.9. The SMILES string of the molecule is c1ccc(-c2cc(-c3ccc(N4c5ccccc5N(c5nc(-c6ccccc6)cc(-c6ccccc6)n5)c5ccccc54)c(-c4nc(-c5ccccc5)cc(-c5ccccc5)n4)c3)nc(-c3ccccc3)n2)cc1. The van der Waals surface area contributed by atoms with Crippen molar-refractivity contribution in [2.45, 2.75) is 0 Å². The van der Waals surface area contributed by atoms with E-state index in [2.05, 4.69) is 168 Å². The minimum atomic E-state index is 0.555. The predicted octanol–water partition coefficient (Wildman–Crippen LogP) is 16.6. The van der Waals surface area contributed by atoms with Gasteiger partial charge in [0.25, 0.3) is 0 Å². The molecule has 0 unspecified atom stereocenters. The summed E-state index contributed by atoms with van der Waals surface area (Å²) < 4.78 is 0. The molecule has 0 saturated heterocycles. The van der Waals surface area contributed by atoms with Gasteiger partial charge in [-0.1, -0.05) is 212 Å². The number of aromatic nitrogens is 6. The summed E-state index contributed by atoms with van der Waals surface area (Å²) in [5.41, 5.74) is 17.0. The summed E-state index contributed by atoms with van der Waals surface area (Å²) in [7, 11) is 0. The fourth-order valence-corrected chi connectivity index (χ4v) is 9.69. The molecule has 12 aromatic rings. The van der Waals surface area contributed by atoms with Gasteiger partial charge in [-0.15, -0.1) is 0 Å². The van der Waals surface area contributed by atoms with E-state index in [1.165, 1.54) is 0 Å². The Morgan fingerprint density at radius 3 is 0.878 bits per heavy atom. The molecule has 1 aliphatic heterocycles. The van der Waals surface area contributed by atoms with Crippen LogP contribution in [0.15, 0.2) is 267 Å². The quantitative estimate of drug-likeness (QED) is 0.134. The molecule has 0 radical (unpaired) electrons. The van der Waals surface area contributed by atoms with Crippen LogP contribution in [0, 0.1) is 0 Å². The van der Waals surface area contributed by atoms with Gasteiger partial charge in [-0.25, -0.2) is 29.9 Å². The first kappa shape index (κ1) is 43.8. The van der Waals surface area contributed by atoms with Gasteiger partial charge in [-0.2, -0.15) is 0 Å². The lowest BCUT2D eigenvalue weighted by molar-refractivity contribution is 1.06. The second-order valence-corrected chi connectivity index (χ2v) is 17.9. The van der Waals surface area contributed by atoms with Gasteiger partial charge in [0.2, 0.25) is 5.95 Å². The van der Waals surface area contributed by atoms with Crippen LogP contribution in [-0.2, 0) is 0 Å². The second kappa shape index (κ2) is 19.2. The van der Waals surface area contributed by atoms with Crippen LogP contribution in [0.25, 0.3) is 90.3 Å². The molecular weight excluding hydrogens is 905 g/mol. The third-order valence-electron chi connectivity index (χ3n) is 13.2. The Kier molecular flexibility index (Phi) is 11.4. The molecule has 0 amide bonds. The minimum Gasteiger partial charge on any atom is -0.306 e. The average molecular weight is 949 g/mol. The van der Waals surface area contributed by atoms with Crippen molar-refractivity contribution in [2.24, 2.45) is 0 Å². The Bertz CT molecular complexity index is 3730. The zero-order valence-electron chi connectivity index (χ0n) is 40.0. The molecular formula is C66H44N8. The van der Waals surface area contributed by atoms with Crippen molar-refractivity contribution in [1.82, 2.24) is 29.9 Å². The Morgan fingerprint density at radius 1 is 0.203 bits per heavy atom. The number of para-hydroxylation sites is 4. The molecule has 13 rings (SSSR count). The van der Waals surface area contributed by atoms with Crippen LogP contribution < -0.4 is 9.80 Å². The third kappa shape index (κ3) is 8.42. The highest BCUT2D eigenvalue weighted by Crippen LogP contribution is 2.55. The first-order chi connectivity index (χ1) is 36.7. The Hall–Kier alpha value is -10.2. The van der Waals surface area contributed by atoms with Gasteiger partial charge in [0.05, 0.1) is 62.6 Å². The first-order valence-electron chi connectivity index (χ1n) is 24.6. The summed E-state index contributed by atoms with van der Waals surface area (Å²) in [6.45, 7) is 0. The zero-order chi connectivity index (χ0) is 49.2. The Balaban J connectivity index is 1.05. The Labute approximate surface area is 429 Å². The summed E-state index contributed by atoms with van der Waals surface area (Å²) in [4.78, 5) is 36.6. The largest absolute Gasteiger partial charge is 0.306 e. The summed E-state index contributed by atoms with van der Waals surface area (Å²) in [6.07, 6.45) is 0. The van der Waals surface area contributed by atoms with Crippen LogP contribution >= 0.6 is 0 Å². The van der Waals surface area contributed by atoms with E-state index in [-0.39, 0.29) is 0 Å². The number of hydrogen-bond acceptors (Lipinski definition) is 8. The van der Waals surface area contributed by atoms with Gasteiger partial charge in [0.15, 0.2) is 11.6 Å². The van der Waals surface area contributed by atoms with Gasteiger partial charge in [-0.3, -0.25) is 4.90 Å². The highest BCUT2D eigenvalue weighted by Gasteiger charge is 2.34. The molecule has 0 fully saturated rings.